The van der Waals surface area contributed by atoms with Gasteiger partial charge in [0.15, 0.2) is 0 Å². The highest BCUT2D eigenvalue weighted by atomic mass is 19.4. The molecule has 4 nitrogen and oxygen atoms in total. The number of benzene rings is 1. The highest BCUT2D eigenvalue weighted by Gasteiger charge is 2.32. The quantitative estimate of drug-likeness (QED) is 0.886. The Labute approximate surface area is 143 Å². The minimum absolute atomic E-state index is 0.0173. The van der Waals surface area contributed by atoms with Crippen LogP contribution in [0.3, 0.4) is 0 Å². The van der Waals surface area contributed by atoms with Gasteiger partial charge in [0.25, 0.3) is 5.91 Å². The Morgan fingerprint density at radius 1 is 1.12 bits per heavy atom. The number of carbonyl (C=O) groups excluding carboxylic acids is 1. The second-order valence-electron chi connectivity index (χ2n) is 6.01. The van der Waals surface area contributed by atoms with Gasteiger partial charge in [-0.3, -0.25) is 9.78 Å². The van der Waals surface area contributed by atoms with Gasteiger partial charge in [0.1, 0.15) is 0 Å². The molecule has 2 heterocycles. The lowest BCUT2D eigenvalue weighted by Crippen LogP contribution is -2.27. The molecule has 2 N–H and O–H groups in total. The minimum Gasteiger partial charge on any atom is -0.322 e. The van der Waals surface area contributed by atoms with Crippen LogP contribution in [0.4, 0.5) is 18.9 Å². The lowest BCUT2D eigenvalue weighted by molar-refractivity contribution is -0.137. The standard InChI is InChI=1S/C18H18F3N3O/c19-18(20,21)14-1-2-16(15(11-14)12-3-7-22-8-4-12)24-17(25)13-5-9-23-10-6-13/h1-2,5-6,9-12,22H,3-4,7-8H2,(H,24,25). The maximum atomic E-state index is 13.1. The first-order chi connectivity index (χ1) is 11.9. The molecule has 1 fully saturated rings. The highest BCUT2D eigenvalue weighted by Crippen LogP contribution is 2.37. The molecule has 1 saturated heterocycles. The second kappa shape index (κ2) is 7.23. The number of hydrogen-bond acceptors (Lipinski definition) is 3. The molecule has 0 atom stereocenters. The molecule has 3 rings (SSSR count). The van der Waals surface area contributed by atoms with E-state index in [9.17, 15) is 18.0 Å². The highest BCUT2D eigenvalue weighted by molar-refractivity contribution is 6.04. The van der Waals surface area contributed by atoms with Crippen molar-refractivity contribution in [3.63, 3.8) is 0 Å². The van der Waals surface area contributed by atoms with Crippen molar-refractivity contribution in [3.05, 3.63) is 59.4 Å². The van der Waals surface area contributed by atoms with E-state index in [1.165, 1.54) is 18.5 Å². The third-order valence-corrected chi connectivity index (χ3v) is 4.35. The third-order valence-electron chi connectivity index (χ3n) is 4.35. The average Bonchev–Trinajstić information content (AvgIpc) is 2.62. The molecule has 1 aliphatic rings. The topological polar surface area (TPSA) is 54.0 Å². The molecule has 0 radical (unpaired) electrons. The maximum Gasteiger partial charge on any atom is 0.416 e. The van der Waals surface area contributed by atoms with Crippen LogP contribution in [0.5, 0.6) is 0 Å². The zero-order valence-electron chi connectivity index (χ0n) is 13.4. The largest absolute Gasteiger partial charge is 0.416 e. The lowest BCUT2D eigenvalue weighted by Gasteiger charge is -2.26. The van der Waals surface area contributed by atoms with Crippen LogP contribution >= 0.6 is 0 Å². The smallest absolute Gasteiger partial charge is 0.322 e. The molecule has 132 valence electrons. The molecule has 0 aliphatic carbocycles. The molecule has 25 heavy (non-hydrogen) atoms. The summed E-state index contributed by atoms with van der Waals surface area (Å²) < 4.78 is 39.3. The number of nitrogens with zero attached hydrogens (tertiary/aromatic N) is 1. The number of hydrogen-bond donors (Lipinski definition) is 2. The second-order valence-corrected chi connectivity index (χ2v) is 6.01. The lowest BCUT2D eigenvalue weighted by atomic mass is 9.88. The molecule has 7 heteroatoms. The van der Waals surface area contributed by atoms with E-state index in [4.69, 9.17) is 0 Å². The number of anilines is 1. The summed E-state index contributed by atoms with van der Waals surface area (Å²) in [5.41, 5.74) is 0.689. The van der Waals surface area contributed by atoms with Crippen LogP contribution in [-0.4, -0.2) is 24.0 Å². The molecular weight excluding hydrogens is 331 g/mol. The van der Waals surface area contributed by atoms with E-state index in [0.717, 1.165) is 38.1 Å². The molecule has 1 aromatic carbocycles. The molecular formula is C18H18F3N3O. The number of carbonyl (C=O) groups is 1. The summed E-state index contributed by atoms with van der Waals surface area (Å²) in [5, 5.41) is 5.95. The van der Waals surface area contributed by atoms with Crippen molar-refractivity contribution in [3.8, 4) is 0 Å². The summed E-state index contributed by atoms with van der Waals surface area (Å²) >= 11 is 0. The van der Waals surface area contributed by atoms with Gasteiger partial charge in [-0.05, 0) is 67.7 Å². The van der Waals surface area contributed by atoms with Crippen molar-refractivity contribution in [1.29, 1.82) is 0 Å². The van der Waals surface area contributed by atoms with Crippen molar-refractivity contribution < 1.29 is 18.0 Å². The zero-order chi connectivity index (χ0) is 17.9. The summed E-state index contributed by atoms with van der Waals surface area (Å²) in [6.07, 6.45) is 0.0545. The summed E-state index contributed by atoms with van der Waals surface area (Å²) in [6.45, 7) is 1.50. The van der Waals surface area contributed by atoms with Gasteiger partial charge in [-0.1, -0.05) is 0 Å². The monoisotopic (exact) mass is 349 g/mol. The van der Waals surface area contributed by atoms with Crippen LogP contribution in [0.2, 0.25) is 0 Å². The number of pyridine rings is 1. The Kier molecular flexibility index (Phi) is 5.03. The Morgan fingerprint density at radius 2 is 1.80 bits per heavy atom. The minimum atomic E-state index is -4.41. The van der Waals surface area contributed by atoms with Crippen molar-refractivity contribution in [2.75, 3.05) is 18.4 Å². The van der Waals surface area contributed by atoms with Gasteiger partial charge < -0.3 is 10.6 Å². The van der Waals surface area contributed by atoms with Crippen LogP contribution in [0.15, 0.2) is 42.7 Å². The third kappa shape index (κ3) is 4.17. The van der Waals surface area contributed by atoms with Gasteiger partial charge in [0.05, 0.1) is 5.56 Å². The van der Waals surface area contributed by atoms with Crippen LogP contribution < -0.4 is 10.6 Å². The molecule has 0 bridgehead atoms. The first kappa shape index (κ1) is 17.4. The van der Waals surface area contributed by atoms with E-state index in [1.54, 1.807) is 12.1 Å². The number of aromatic nitrogens is 1. The summed E-state index contributed by atoms with van der Waals surface area (Å²) in [7, 11) is 0. The summed E-state index contributed by atoms with van der Waals surface area (Å²) in [4.78, 5) is 16.2. The molecule has 0 spiro atoms. The molecule has 0 unspecified atom stereocenters. The molecule has 1 aliphatic heterocycles. The summed E-state index contributed by atoms with van der Waals surface area (Å²) in [5.74, 6) is -0.381. The molecule has 2 aromatic rings. The average molecular weight is 349 g/mol. The normalized spacial score (nSPS) is 15.8. The number of amides is 1. The first-order valence-corrected chi connectivity index (χ1v) is 8.08. The Morgan fingerprint density at radius 3 is 2.44 bits per heavy atom. The fourth-order valence-electron chi connectivity index (χ4n) is 3.02. The number of piperidine rings is 1. The van der Waals surface area contributed by atoms with E-state index in [-0.39, 0.29) is 11.8 Å². The first-order valence-electron chi connectivity index (χ1n) is 8.08. The summed E-state index contributed by atoms with van der Waals surface area (Å²) in [6, 6.07) is 6.64. The van der Waals surface area contributed by atoms with Crippen LogP contribution in [0.25, 0.3) is 0 Å². The Hall–Kier alpha value is -2.41. The molecule has 1 amide bonds. The van der Waals surface area contributed by atoms with Gasteiger partial charge in [0, 0.05) is 23.6 Å². The van der Waals surface area contributed by atoms with Crippen molar-refractivity contribution in [2.45, 2.75) is 24.9 Å². The Balaban J connectivity index is 1.93. The van der Waals surface area contributed by atoms with Crippen LogP contribution in [0.1, 0.15) is 40.2 Å². The zero-order valence-corrected chi connectivity index (χ0v) is 13.4. The SMILES string of the molecule is O=C(Nc1ccc(C(F)(F)F)cc1C1CCNCC1)c1ccncc1. The predicted octanol–water partition coefficient (Wildman–Crippen LogP) is 3.82. The molecule has 0 saturated carbocycles. The fraction of sp³-hybridized carbons (Fsp3) is 0.333. The van der Waals surface area contributed by atoms with E-state index >= 15 is 0 Å². The van der Waals surface area contributed by atoms with Crippen molar-refractivity contribution >= 4 is 11.6 Å². The number of rotatable bonds is 3. The van der Waals surface area contributed by atoms with E-state index in [2.05, 4.69) is 15.6 Å². The van der Waals surface area contributed by atoms with Gasteiger partial charge in [-0.15, -0.1) is 0 Å². The van der Waals surface area contributed by atoms with Crippen molar-refractivity contribution in [2.24, 2.45) is 0 Å². The Bertz CT molecular complexity index is 741. The van der Waals surface area contributed by atoms with Gasteiger partial charge in [-0.2, -0.15) is 13.2 Å². The van der Waals surface area contributed by atoms with E-state index in [0.29, 0.717) is 16.8 Å². The number of alkyl halides is 3. The van der Waals surface area contributed by atoms with E-state index < -0.39 is 11.7 Å². The number of halogens is 3. The molecule has 1 aromatic heterocycles. The number of nitrogens with one attached hydrogen (secondary N) is 2. The fourth-order valence-corrected chi connectivity index (χ4v) is 3.02. The predicted molar refractivity (Wildman–Crippen MR) is 88.5 cm³/mol. The van der Waals surface area contributed by atoms with Gasteiger partial charge in [-0.25, -0.2) is 0 Å². The van der Waals surface area contributed by atoms with Gasteiger partial charge >= 0.3 is 6.18 Å². The van der Waals surface area contributed by atoms with Crippen LogP contribution in [-0.2, 0) is 6.18 Å². The maximum absolute atomic E-state index is 13.1. The van der Waals surface area contributed by atoms with E-state index in [1.807, 2.05) is 0 Å². The van der Waals surface area contributed by atoms with Gasteiger partial charge in [0.2, 0.25) is 0 Å². The van der Waals surface area contributed by atoms with Crippen molar-refractivity contribution in [1.82, 2.24) is 10.3 Å². The van der Waals surface area contributed by atoms with Crippen LogP contribution in [0, 0.1) is 0 Å².